The molecule has 0 unspecified atom stereocenters. The van der Waals surface area contributed by atoms with E-state index >= 15 is 0 Å². The van der Waals surface area contributed by atoms with Gasteiger partial charge in [-0.3, -0.25) is 9.59 Å². The van der Waals surface area contributed by atoms with Crippen LogP contribution in [0.2, 0.25) is 0 Å². The zero-order valence-electron chi connectivity index (χ0n) is 19.5. The smallest absolute Gasteiger partial charge is 0.260 e. The van der Waals surface area contributed by atoms with Crippen LogP contribution >= 0.6 is 11.6 Å². The van der Waals surface area contributed by atoms with Gasteiger partial charge in [-0.25, -0.2) is 0 Å². The van der Waals surface area contributed by atoms with Crippen LogP contribution in [0.15, 0.2) is 53.3 Å². The highest BCUT2D eigenvalue weighted by molar-refractivity contribution is 6.17. The van der Waals surface area contributed by atoms with Gasteiger partial charge >= 0.3 is 0 Å². The molecule has 0 saturated carbocycles. The van der Waals surface area contributed by atoms with Gasteiger partial charge in [-0.2, -0.15) is 0 Å². The SMILES string of the molecule is COc1ccc(Cn2c(=O)c3c(c4ccccc42)OC(C)(C)[C@H](O)[C@H]3NC(=O)CCCCl)cc1. The second-order valence-electron chi connectivity index (χ2n) is 8.99. The first-order valence-corrected chi connectivity index (χ1v) is 11.8. The molecule has 180 valence electrons. The van der Waals surface area contributed by atoms with Crippen LogP contribution < -0.4 is 20.3 Å². The molecule has 1 aliphatic rings. The summed E-state index contributed by atoms with van der Waals surface area (Å²) in [5.41, 5.74) is 0.532. The molecule has 34 heavy (non-hydrogen) atoms. The summed E-state index contributed by atoms with van der Waals surface area (Å²) in [6, 6.07) is 14.1. The average Bonchev–Trinajstić information content (AvgIpc) is 2.83. The summed E-state index contributed by atoms with van der Waals surface area (Å²) >= 11 is 5.74. The Bertz CT molecular complexity index is 1250. The van der Waals surface area contributed by atoms with E-state index in [9.17, 15) is 14.7 Å². The number of carbonyl (C=O) groups excluding carboxylic acids is 1. The van der Waals surface area contributed by atoms with E-state index in [1.807, 2.05) is 48.5 Å². The number of nitrogens with zero attached hydrogens (tertiary/aromatic N) is 1. The van der Waals surface area contributed by atoms with Crippen LogP contribution in [0.25, 0.3) is 10.9 Å². The van der Waals surface area contributed by atoms with E-state index in [4.69, 9.17) is 21.1 Å². The first-order chi connectivity index (χ1) is 16.3. The van der Waals surface area contributed by atoms with Crippen molar-refractivity contribution in [2.75, 3.05) is 13.0 Å². The van der Waals surface area contributed by atoms with Gasteiger partial charge in [-0.05, 0) is 50.1 Å². The van der Waals surface area contributed by atoms with E-state index in [1.54, 1.807) is 25.5 Å². The predicted molar refractivity (Wildman–Crippen MR) is 132 cm³/mol. The summed E-state index contributed by atoms with van der Waals surface area (Å²) in [5.74, 6) is 1.20. The molecule has 0 fully saturated rings. The van der Waals surface area contributed by atoms with Gasteiger partial charge in [0.2, 0.25) is 5.91 Å². The third-order valence-corrected chi connectivity index (χ3v) is 6.48. The summed E-state index contributed by atoms with van der Waals surface area (Å²) in [7, 11) is 1.60. The van der Waals surface area contributed by atoms with Gasteiger partial charge in [-0.1, -0.05) is 24.3 Å². The molecule has 0 aliphatic carbocycles. The quantitative estimate of drug-likeness (QED) is 0.498. The molecule has 0 radical (unpaired) electrons. The summed E-state index contributed by atoms with van der Waals surface area (Å²) in [6.45, 7) is 3.80. The van der Waals surface area contributed by atoms with Crippen LogP contribution in [0.3, 0.4) is 0 Å². The monoisotopic (exact) mass is 484 g/mol. The molecule has 1 amide bonds. The van der Waals surface area contributed by atoms with Crippen LogP contribution in [-0.2, 0) is 11.3 Å². The number of alkyl halides is 1. The van der Waals surface area contributed by atoms with Crippen LogP contribution in [0.5, 0.6) is 11.5 Å². The second kappa shape index (κ2) is 9.68. The lowest BCUT2D eigenvalue weighted by molar-refractivity contribution is -0.125. The van der Waals surface area contributed by atoms with E-state index < -0.39 is 17.7 Å². The minimum atomic E-state index is -1.12. The third-order valence-electron chi connectivity index (χ3n) is 6.22. The molecule has 4 rings (SSSR count). The van der Waals surface area contributed by atoms with E-state index in [1.165, 1.54) is 0 Å². The van der Waals surface area contributed by atoms with Crippen LogP contribution in [0.1, 0.15) is 43.9 Å². The molecule has 8 heteroatoms. The lowest BCUT2D eigenvalue weighted by Gasteiger charge is -2.42. The Kier molecular flexibility index (Phi) is 6.86. The number of carbonyl (C=O) groups is 1. The minimum absolute atomic E-state index is 0.205. The van der Waals surface area contributed by atoms with E-state index in [2.05, 4.69) is 5.32 Å². The average molecular weight is 485 g/mol. The maximum atomic E-state index is 13.9. The van der Waals surface area contributed by atoms with Gasteiger partial charge in [0.25, 0.3) is 5.56 Å². The molecule has 0 spiro atoms. The number of amides is 1. The number of pyridine rings is 1. The van der Waals surface area contributed by atoms with E-state index in [0.29, 0.717) is 30.1 Å². The number of halogens is 1. The number of aliphatic hydroxyl groups is 1. The van der Waals surface area contributed by atoms with Crippen molar-refractivity contribution < 1.29 is 19.4 Å². The molecule has 2 atom stereocenters. The molecule has 2 heterocycles. The van der Waals surface area contributed by atoms with Crippen molar-refractivity contribution in [3.63, 3.8) is 0 Å². The fraction of sp³-hybridized carbons (Fsp3) is 0.385. The predicted octanol–water partition coefficient (Wildman–Crippen LogP) is 3.77. The van der Waals surface area contributed by atoms with Crippen molar-refractivity contribution in [2.45, 2.75) is 51.0 Å². The number of ether oxygens (including phenoxy) is 2. The van der Waals surface area contributed by atoms with Gasteiger partial charge < -0.3 is 24.5 Å². The topological polar surface area (TPSA) is 89.8 Å². The van der Waals surface area contributed by atoms with Crippen molar-refractivity contribution in [1.82, 2.24) is 9.88 Å². The van der Waals surface area contributed by atoms with E-state index in [0.717, 1.165) is 16.7 Å². The molecule has 1 aliphatic heterocycles. The third kappa shape index (κ3) is 4.50. The Morgan fingerprint density at radius 2 is 1.91 bits per heavy atom. The molecule has 0 bridgehead atoms. The van der Waals surface area contributed by atoms with Crippen molar-refractivity contribution in [1.29, 1.82) is 0 Å². The number of aromatic nitrogens is 1. The van der Waals surface area contributed by atoms with Gasteiger partial charge in [0, 0.05) is 17.7 Å². The summed E-state index contributed by atoms with van der Waals surface area (Å²) in [5, 5.41) is 14.7. The lowest BCUT2D eigenvalue weighted by atomic mass is 9.86. The fourth-order valence-electron chi connectivity index (χ4n) is 4.36. The number of aliphatic hydroxyl groups excluding tert-OH is 1. The largest absolute Gasteiger partial charge is 0.497 e. The van der Waals surface area contributed by atoms with Crippen LogP contribution in [0, 0.1) is 0 Å². The fourth-order valence-corrected chi connectivity index (χ4v) is 4.49. The first-order valence-electron chi connectivity index (χ1n) is 11.3. The Balaban J connectivity index is 1.88. The molecule has 1 aromatic heterocycles. The van der Waals surface area contributed by atoms with Crippen molar-refractivity contribution in [3.8, 4) is 11.5 Å². The van der Waals surface area contributed by atoms with Crippen LogP contribution in [-0.4, -0.2) is 40.3 Å². The van der Waals surface area contributed by atoms with Gasteiger partial charge in [0.05, 0.1) is 30.8 Å². The number of methoxy groups -OCH3 is 1. The van der Waals surface area contributed by atoms with Gasteiger partial charge in [0.1, 0.15) is 23.2 Å². The lowest BCUT2D eigenvalue weighted by Crippen LogP contribution is -2.55. The summed E-state index contributed by atoms with van der Waals surface area (Å²) < 4.78 is 13.1. The van der Waals surface area contributed by atoms with Crippen LogP contribution in [0.4, 0.5) is 0 Å². The number of hydrogen-bond acceptors (Lipinski definition) is 5. The zero-order chi connectivity index (χ0) is 24.5. The maximum absolute atomic E-state index is 13.9. The standard InChI is InChI=1S/C26H29ClN2O5/c1-26(2)24(31)22(28-20(30)9-6-14-27)21-23(34-26)18-7-4-5-8-19(18)29(25(21)32)15-16-10-12-17(33-3)13-11-16/h4-5,7-8,10-13,22,24,31H,6,9,14-15H2,1-3H3,(H,28,30)/t22-,24+/m0/s1. The Hall–Kier alpha value is -3.03. The second-order valence-corrected chi connectivity index (χ2v) is 9.37. The molecule has 3 aromatic rings. The number of hydrogen-bond donors (Lipinski definition) is 2. The van der Waals surface area contributed by atoms with Gasteiger partial charge in [0.15, 0.2) is 0 Å². The molecular weight excluding hydrogens is 456 g/mol. The highest BCUT2D eigenvalue weighted by atomic mass is 35.5. The van der Waals surface area contributed by atoms with Crippen molar-refractivity contribution in [3.05, 3.63) is 70.0 Å². The molecule has 2 N–H and O–H groups in total. The molecular formula is C26H29ClN2O5. The normalized spacial score (nSPS) is 18.7. The number of rotatable bonds is 7. The molecule has 2 aromatic carbocycles. The number of fused-ring (bicyclic) bond motifs is 3. The highest BCUT2D eigenvalue weighted by Crippen LogP contribution is 2.42. The number of para-hydroxylation sites is 1. The minimum Gasteiger partial charge on any atom is -0.497 e. The van der Waals surface area contributed by atoms with Gasteiger partial charge in [-0.15, -0.1) is 11.6 Å². The first kappa shape index (κ1) is 24.1. The maximum Gasteiger partial charge on any atom is 0.260 e. The number of nitrogens with one attached hydrogen (secondary N) is 1. The highest BCUT2D eigenvalue weighted by Gasteiger charge is 2.46. The summed E-state index contributed by atoms with van der Waals surface area (Å²) in [4.78, 5) is 26.5. The van der Waals surface area contributed by atoms with Crippen molar-refractivity contribution >= 4 is 28.4 Å². The Labute approximate surface area is 203 Å². The Morgan fingerprint density at radius 1 is 1.21 bits per heavy atom. The van der Waals surface area contributed by atoms with E-state index in [-0.39, 0.29) is 23.5 Å². The zero-order valence-corrected chi connectivity index (χ0v) is 20.3. The molecule has 7 nitrogen and oxygen atoms in total. The molecule has 0 saturated heterocycles. The van der Waals surface area contributed by atoms with Crippen molar-refractivity contribution in [2.24, 2.45) is 0 Å². The Morgan fingerprint density at radius 3 is 2.59 bits per heavy atom. The summed E-state index contributed by atoms with van der Waals surface area (Å²) in [6.07, 6.45) is -0.414. The number of benzene rings is 2.